The molecule has 0 spiro atoms. The van der Waals surface area contributed by atoms with Crippen LogP contribution in [0.15, 0.2) is 71.9 Å². The summed E-state index contributed by atoms with van der Waals surface area (Å²) in [5.41, 5.74) is 2.49. The number of methoxy groups -OCH3 is 2. The van der Waals surface area contributed by atoms with Crippen molar-refractivity contribution < 1.29 is 18.7 Å². The number of aryl methyl sites for hydroxylation is 1. The monoisotopic (exact) mass is 478 g/mol. The number of nitrogens with one attached hydrogen (secondary N) is 1. The summed E-state index contributed by atoms with van der Waals surface area (Å²) in [5, 5.41) is 12.0. The van der Waals surface area contributed by atoms with E-state index in [2.05, 4.69) is 15.5 Å². The molecule has 4 aromatic rings. The number of para-hydroxylation sites is 1. The number of amides is 1. The van der Waals surface area contributed by atoms with Crippen LogP contribution in [0.3, 0.4) is 0 Å². The molecule has 4 rings (SSSR count). The molecule has 0 unspecified atom stereocenters. The highest BCUT2D eigenvalue weighted by molar-refractivity contribution is 7.99. The summed E-state index contributed by atoms with van der Waals surface area (Å²) < 4.78 is 26.5. The smallest absolute Gasteiger partial charge is 0.234 e. The van der Waals surface area contributed by atoms with Crippen LogP contribution in [0.2, 0.25) is 0 Å². The Bertz CT molecular complexity index is 1310. The highest BCUT2D eigenvalue weighted by atomic mass is 32.2. The van der Waals surface area contributed by atoms with E-state index in [0.29, 0.717) is 28.0 Å². The third-order valence-corrected chi connectivity index (χ3v) is 6.03. The minimum Gasteiger partial charge on any atom is -0.497 e. The number of halogens is 1. The average molecular weight is 479 g/mol. The molecule has 0 atom stereocenters. The van der Waals surface area contributed by atoms with Crippen LogP contribution in [0.1, 0.15) is 5.56 Å². The maximum absolute atomic E-state index is 13.8. The van der Waals surface area contributed by atoms with Gasteiger partial charge in [-0.25, -0.2) is 4.39 Å². The minimum atomic E-state index is -0.369. The number of ether oxygens (including phenoxy) is 2. The molecule has 9 heteroatoms. The second-order valence-corrected chi connectivity index (χ2v) is 8.28. The Balaban J connectivity index is 1.63. The van der Waals surface area contributed by atoms with Crippen LogP contribution in [0.5, 0.6) is 11.5 Å². The topological polar surface area (TPSA) is 78.3 Å². The van der Waals surface area contributed by atoms with Gasteiger partial charge in [-0.2, -0.15) is 0 Å². The predicted octanol–water partition coefficient (Wildman–Crippen LogP) is 5.13. The van der Waals surface area contributed by atoms with E-state index in [4.69, 9.17) is 9.47 Å². The lowest BCUT2D eigenvalue weighted by Crippen LogP contribution is -2.14. The first-order valence-corrected chi connectivity index (χ1v) is 11.4. The zero-order valence-electron chi connectivity index (χ0n) is 18.9. The van der Waals surface area contributed by atoms with Gasteiger partial charge in [-0.15, -0.1) is 10.2 Å². The standard InChI is InChI=1S/C25H23FN4O3S/c1-16-8-9-17(14-21(16)26)27-23(31)15-34-25-29-28-24(20-6-4-5-7-22(20)33-3)30(25)18-10-12-19(32-2)13-11-18/h4-14H,15H2,1-3H3,(H,27,31). The lowest BCUT2D eigenvalue weighted by atomic mass is 10.2. The van der Waals surface area contributed by atoms with Crippen molar-refractivity contribution in [3.63, 3.8) is 0 Å². The molecule has 1 aromatic heterocycles. The van der Waals surface area contributed by atoms with Crippen molar-refractivity contribution in [2.45, 2.75) is 12.1 Å². The fourth-order valence-electron chi connectivity index (χ4n) is 3.33. The third kappa shape index (κ3) is 5.04. The molecule has 0 saturated carbocycles. The second kappa shape index (κ2) is 10.4. The molecule has 3 aromatic carbocycles. The van der Waals surface area contributed by atoms with E-state index < -0.39 is 0 Å². The van der Waals surface area contributed by atoms with Crippen molar-refractivity contribution in [2.75, 3.05) is 25.3 Å². The SMILES string of the molecule is COc1ccc(-n2c(SCC(=O)Nc3ccc(C)c(F)c3)nnc2-c2ccccc2OC)cc1. The van der Waals surface area contributed by atoms with Gasteiger partial charge in [-0.1, -0.05) is 30.0 Å². The summed E-state index contributed by atoms with van der Waals surface area (Å²) >= 11 is 1.23. The zero-order chi connectivity index (χ0) is 24.1. The Hall–Kier alpha value is -3.85. The molecule has 7 nitrogen and oxygen atoms in total. The van der Waals surface area contributed by atoms with Gasteiger partial charge in [0.05, 0.1) is 31.2 Å². The zero-order valence-corrected chi connectivity index (χ0v) is 19.7. The number of hydrogen-bond donors (Lipinski definition) is 1. The Morgan fingerprint density at radius 3 is 2.50 bits per heavy atom. The van der Waals surface area contributed by atoms with E-state index in [1.165, 1.54) is 17.8 Å². The molecule has 0 fully saturated rings. The van der Waals surface area contributed by atoms with Gasteiger partial charge in [-0.3, -0.25) is 9.36 Å². The lowest BCUT2D eigenvalue weighted by Gasteiger charge is -2.13. The summed E-state index contributed by atoms with van der Waals surface area (Å²) in [4.78, 5) is 12.5. The number of nitrogens with zero attached hydrogens (tertiary/aromatic N) is 3. The van der Waals surface area contributed by atoms with E-state index in [1.807, 2.05) is 53.1 Å². The first kappa shape index (κ1) is 23.3. The number of benzene rings is 3. The van der Waals surface area contributed by atoms with Gasteiger partial charge in [0.2, 0.25) is 5.91 Å². The first-order valence-electron chi connectivity index (χ1n) is 10.4. The Morgan fingerprint density at radius 1 is 1.03 bits per heavy atom. The van der Waals surface area contributed by atoms with Crippen LogP contribution in [0.4, 0.5) is 10.1 Å². The Kier molecular flexibility index (Phi) is 7.12. The summed E-state index contributed by atoms with van der Waals surface area (Å²) in [6, 6.07) is 19.6. The van der Waals surface area contributed by atoms with Gasteiger partial charge in [0.25, 0.3) is 0 Å². The molecule has 1 heterocycles. The van der Waals surface area contributed by atoms with Gasteiger partial charge in [0, 0.05) is 5.69 Å². The summed E-state index contributed by atoms with van der Waals surface area (Å²) in [5.74, 6) is 1.36. The molecule has 0 aliphatic rings. The van der Waals surface area contributed by atoms with Gasteiger partial charge < -0.3 is 14.8 Å². The van der Waals surface area contributed by atoms with Crippen LogP contribution < -0.4 is 14.8 Å². The molecule has 1 N–H and O–H groups in total. The largest absolute Gasteiger partial charge is 0.497 e. The van der Waals surface area contributed by atoms with Gasteiger partial charge in [0.1, 0.15) is 17.3 Å². The van der Waals surface area contributed by atoms with Crippen LogP contribution in [0, 0.1) is 12.7 Å². The molecule has 0 aliphatic heterocycles. The molecule has 0 radical (unpaired) electrons. The maximum Gasteiger partial charge on any atom is 0.234 e. The number of thioether (sulfide) groups is 1. The number of carbonyl (C=O) groups is 1. The van der Waals surface area contributed by atoms with Crippen molar-refractivity contribution in [3.05, 3.63) is 78.1 Å². The molecule has 1 amide bonds. The number of carbonyl (C=O) groups excluding carboxylic acids is 1. The molecular formula is C25H23FN4O3S. The van der Waals surface area contributed by atoms with Crippen molar-refractivity contribution in [1.29, 1.82) is 0 Å². The lowest BCUT2D eigenvalue weighted by molar-refractivity contribution is -0.113. The quantitative estimate of drug-likeness (QED) is 0.354. The maximum atomic E-state index is 13.8. The fraction of sp³-hybridized carbons (Fsp3) is 0.160. The van der Waals surface area contributed by atoms with E-state index >= 15 is 0 Å². The average Bonchev–Trinajstić information content (AvgIpc) is 3.28. The molecule has 0 saturated heterocycles. The van der Waals surface area contributed by atoms with Gasteiger partial charge >= 0.3 is 0 Å². The summed E-state index contributed by atoms with van der Waals surface area (Å²) in [7, 11) is 3.20. The number of hydrogen-bond acceptors (Lipinski definition) is 6. The number of aromatic nitrogens is 3. The van der Waals surface area contributed by atoms with Crippen LogP contribution >= 0.6 is 11.8 Å². The highest BCUT2D eigenvalue weighted by Crippen LogP contribution is 2.33. The van der Waals surface area contributed by atoms with Crippen molar-refractivity contribution in [2.24, 2.45) is 0 Å². The Morgan fingerprint density at radius 2 is 1.79 bits per heavy atom. The summed E-state index contributed by atoms with van der Waals surface area (Å²) in [6.45, 7) is 1.67. The summed E-state index contributed by atoms with van der Waals surface area (Å²) in [6.07, 6.45) is 0. The van der Waals surface area contributed by atoms with Crippen molar-refractivity contribution in [1.82, 2.24) is 14.8 Å². The third-order valence-electron chi connectivity index (χ3n) is 5.10. The van der Waals surface area contributed by atoms with Gasteiger partial charge in [0.15, 0.2) is 11.0 Å². The second-order valence-electron chi connectivity index (χ2n) is 7.34. The normalized spacial score (nSPS) is 10.7. The van der Waals surface area contributed by atoms with Crippen LogP contribution in [-0.2, 0) is 4.79 Å². The Labute approximate surface area is 200 Å². The van der Waals surface area contributed by atoms with E-state index in [1.54, 1.807) is 33.3 Å². The fourth-order valence-corrected chi connectivity index (χ4v) is 4.08. The highest BCUT2D eigenvalue weighted by Gasteiger charge is 2.20. The molecule has 0 aliphatic carbocycles. The number of anilines is 1. The number of rotatable bonds is 8. The minimum absolute atomic E-state index is 0.0652. The first-order chi connectivity index (χ1) is 16.5. The molecular weight excluding hydrogens is 455 g/mol. The van der Waals surface area contributed by atoms with Gasteiger partial charge in [-0.05, 0) is 61.0 Å². The van der Waals surface area contributed by atoms with Crippen LogP contribution in [-0.4, -0.2) is 40.6 Å². The van der Waals surface area contributed by atoms with Crippen molar-refractivity contribution in [3.8, 4) is 28.6 Å². The molecule has 0 bridgehead atoms. The predicted molar refractivity (Wildman–Crippen MR) is 130 cm³/mol. The van der Waals surface area contributed by atoms with E-state index in [-0.39, 0.29) is 17.5 Å². The van der Waals surface area contributed by atoms with E-state index in [0.717, 1.165) is 17.0 Å². The van der Waals surface area contributed by atoms with E-state index in [9.17, 15) is 9.18 Å². The van der Waals surface area contributed by atoms with Crippen LogP contribution in [0.25, 0.3) is 17.1 Å². The van der Waals surface area contributed by atoms with Crippen molar-refractivity contribution >= 4 is 23.4 Å². The molecule has 174 valence electrons. The molecule has 34 heavy (non-hydrogen) atoms.